The summed E-state index contributed by atoms with van der Waals surface area (Å²) in [5, 5.41) is 7.24. The third kappa shape index (κ3) is 3.60. The molecule has 0 amide bonds. The summed E-state index contributed by atoms with van der Waals surface area (Å²) in [7, 11) is 0. The van der Waals surface area contributed by atoms with Gasteiger partial charge in [-0.3, -0.25) is 5.10 Å². The van der Waals surface area contributed by atoms with Gasteiger partial charge >= 0.3 is 0 Å². The minimum absolute atomic E-state index is 0.595. The van der Waals surface area contributed by atoms with Crippen molar-refractivity contribution < 1.29 is 0 Å². The van der Waals surface area contributed by atoms with E-state index in [0.29, 0.717) is 11.7 Å². The molecule has 1 aromatic heterocycles. The lowest BCUT2D eigenvalue weighted by molar-refractivity contribution is 0.643. The highest BCUT2D eigenvalue weighted by atomic mass is 15.2. The number of anilines is 1. The molecule has 0 fully saturated rings. The van der Waals surface area contributed by atoms with Crippen LogP contribution in [0.4, 0.5) is 5.82 Å². The van der Waals surface area contributed by atoms with E-state index in [-0.39, 0.29) is 0 Å². The van der Waals surface area contributed by atoms with Gasteiger partial charge < -0.3 is 5.73 Å². The standard InChI is InChI=1S/C16H23N3/c1-11(2)9-14-15(18-19-16(14)17)8-7-13-6-4-5-12(3)10-13/h4-6,10-11H,7-9H2,1-3H3,(H3,17,18,19). The molecule has 1 aromatic carbocycles. The fourth-order valence-corrected chi connectivity index (χ4v) is 2.40. The molecule has 0 atom stereocenters. The number of nitrogens with two attached hydrogens (primary N) is 1. The average Bonchev–Trinajstić information content (AvgIpc) is 2.68. The SMILES string of the molecule is Cc1cccc(CCc2[nH]nc(N)c2CC(C)C)c1. The number of H-pyrrole nitrogens is 1. The zero-order valence-electron chi connectivity index (χ0n) is 12.0. The van der Waals surface area contributed by atoms with Gasteiger partial charge in [0.25, 0.3) is 0 Å². The van der Waals surface area contributed by atoms with Crippen molar-refractivity contribution >= 4 is 5.82 Å². The first-order chi connectivity index (χ1) is 9.06. The normalized spacial score (nSPS) is 11.2. The van der Waals surface area contributed by atoms with Crippen molar-refractivity contribution in [2.24, 2.45) is 5.92 Å². The Morgan fingerprint density at radius 1 is 1.26 bits per heavy atom. The van der Waals surface area contributed by atoms with Gasteiger partial charge in [-0.2, -0.15) is 5.10 Å². The largest absolute Gasteiger partial charge is 0.382 e. The number of rotatable bonds is 5. The molecule has 3 nitrogen and oxygen atoms in total. The molecular weight excluding hydrogens is 234 g/mol. The molecule has 1 heterocycles. The van der Waals surface area contributed by atoms with E-state index >= 15 is 0 Å². The Bertz CT molecular complexity index is 541. The third-order valence-electron chi connectivity index (χ3n) is 3.34. The number of nitrogens with one attached hydrogen (secondary N) is 1. The lowest BCUT2D eigenvalue weighted by Gasteiger charge is -2.07. The molecule has 2 aromatic rings. The smallest absolute Gasteiger partial charge is 0.148 e. The maximum atomic E-state index is 5.94. The summed E-state index contributed by atoms with van der Waals surface area (Å²) >= 11 is 0. The first kappa shape index (κ1) is 13.7. The Balaban J connectivity index is 2.07. The van der Waals surface area contributed by atoms with Crippen LogP contribution in [0.5, 0.6) is 0 Å². The molecule has 3 heteroatoms. The Morgan fingerprint density at radius 2 is 2.05 bits per heavy atom. The third-order valence-corrected chi connectivity index (χ3v) is 3.34. The van der Waals surface area contributed by atoms with Crippen LogP contribution in [0.1, 0.15) is 36.2 Å². The van der Waals surface area contributed by atoms with E-state index in [1.54, 1.807) is 0 Å². The van der Waals surface area contributed by atoms with Gasteiger partial charge in [-0.05, 0) is 37.7 Å². The molecule has 102 valence electrons. The monoisotopic (exact) mass is 257 g/mol. The number of hydrogen-bond acceptors (Lipinski definition) is 2. The Morgan fingerprint density at radius 3 is 2.74 bits per heavy atom. The van der Waals surface area contributed by atoms with Gasteiger partial charge in [0, 0.05) is 11.3 Å². The number of nitrogen functional groups attached to an aromatic ring is 1. The Kier molecular flexibility index (Phi) is 4.25. The molecule has 0 saturated heterocycles. The van der Waals surface area contributed by atoms with E-state index < -0.39 is 0 Å². The zero-order valence-corrected chi connectivity index (χ0v) is 12.0. The second-order valence-corrected chi connectivity index (χ2v) is 5.65. The Labute approximate surface area is 115 Å². The van der Waals surface area contributed by atoms with Gasteiger partial charge in [0.05, 0.1) is 0 Å². The topological polar surface area (TPSA) is 54.7 Å². The van der Waals surface area contributed by atoms with Crippen LogP contribution >= 0.6 is 0 Å². The van der Waals surface area contributed by atoms with Crippen molar-refractivity contribution in [3.05, 3.63) is 46.6 Å². The van der Waals surface area contributed by atoms with Crippen LogP contribution in [0.25, 0.3) is 0 Å². The predicted molar refractivity (Wildman–Crippen MR) is 80.1 cm³/mol. The van der Waals surface area contributed by atoms with E-state index in [0.717, 1.165) is 19.3 Å². The number of aromatic nitrogens is 2. The lowest BCUT2D eigenvalue weighted by Crippen LogP contribution is -2.02. The quantitative estimate of drug-likeness (QED) is 0.863. The number of nitrogens with zero attached hydrogens (tertiary/aromatic N) is 1. The van der Waals surface area contributed by atoms with Crippen molar-refractivity contribution in [2.75, 3.05) is 5.73 Å². The maximum Gasteiger partial charge on any atom is 0.148 e. The summed E-state index contributed by atoms with van der Waals surface area (Å²) in [6.45, 7) is 6.54. The second kappa shape index (κ2) is 5.91. The fourth-order valence-electron chi connectivity index (χ4n) is 2.40. The second-order valence-electron chi connectivity index (χ2n) is 5.65. The molecule has 19 heavy (non-hydrogen) atoms. The highest BCUT2D eigenvalue weighted by Crippen LogP contribution is 2.19. The van der Waals surface area contributed by atoms with Gasteiger partial charge in [0.1, 0.15) is 5.82 Å². The number of aryl methyl sites for hydroxylation is 3. The van der Waals surface area contributed by atoms with Crippen molar-refractivity contribution in [3.63, 3.8) is 0 Å². The van der Waals surface area contributed by atoms with Crippen LogP contribution in [-0.4, -0.2) is 10.2 Å². The molecule has 2 rings (SSSR count). The summed E-state index contributed by atoms with van der Waals surface area (Å²) in [4.78, 5) is 0. The molecule has 0 aliphatic heterocycles. The maximum absolute atomic E-state index is 5.94. The van der Waals surface area contributed by atoms with Gasteiger partial charge in [-0.25, -0.2) is 0 Å². The number of hydrogen-bond donors (Lipinski definition) is 2. The average molecular weight is 257 g/mol. The van der Waals surface area contributed by atoms with Gasteiger partial charge in [-0.1, -0.05) is 43.7 Å². The highest BCUT2D eigenvalue weighted by molar-refractivity contribution is 5.42. The molecule has 3 N–H and O–H groups in total. The van der Waals surface area contributed by atoms with Crippen molar-refractivity contribution in [2.45, 2.75) is 40.0 Å². The van der Waals surface area contributed by atoms with Crippen LogP contribution in [0.3, 0.4) is 0 Å². The van der Waals surface area contributed by atoms with Crippen LogP contribution in [0.15, 0.2) is 24.3 Å². The van der Waals surface area contributed by atoms with Crippen LogP contribution in [0.2, 0.25) is 0 Å². The van der Waals surface area contributed by atoms with E-state index in [4.69, 9.17) is 5.73 Å². The first-order valence-electron chi connectivity index (χ1n) is 6.93. The van der Waals surface area contributed by atoms with Gasteiger partial charge in [-0.15, -0.1) is 0 Å². The van der Waals surface area contributed by atoms with E-state index in [9.17, 15) is 0 Å². The minimum Gasteiger partial charge on any atom is -0.382 e. The molecule has 0 aliphatic carbocycles. The van der Waals surface area contributed by atoms with Crippen LogP contribution in [-0.2, 0) is 19.3 Å². The van der Waals surface area contributed by atoms with E-state index in [1.807, 2.05) is 0 Å². The Hall–Kier alpha value is -1.77. The van der Waals surface area contributed by atoms with E-state index in [1.165, 1.54) is 22.4 Å². The minimum atomic E-state index is 0.595. The van der Waals surface area contributed by atoms with Gasteiger partial charge in [0.2, 0.25) is 0 Å². The van der Waals surface area contributed by atoms with Gasteiger partial charge in [0.15, 0.2) is 0 Å². The first-order valence-corrected chi connectivity index (χ1v) is 6.93. The summed E-state index contributed by atoms with van der Waals surface area (Å²) in [6.07, 6.45) is 2.98. The molecule has 0 saturated carbocycles. The molecule has 0 unspecified atom stereocenters. The molecule has 0 spiro atoms. The molecule has 0 radical (unpaired) electrons. The summed E-state index contributed by atoms with van der Waals surface area (Å²) in [5.74, 6) is 1.26. The predicted octanol–water partition coefficient (Wildman–Crippen LogP) is 3.28. The highest BCUT2D eigenvalue weighted by Gasteiger charge is 2.12. The molecule has 0 aliphatic rings. The summed E-state index contributed by atoms with van der Waals surface area (Å²) < 4.78 is 0. The molecule has 0 bridgehead atoms. The summed E-state index contributed by atoms with van der Waals surface area (Å²) in [5.41, 5.74) is 11.0. The van der Waals surface area contributed by atoms with Crippen molar-refractivity contribution in [3.8, 4) is 0 Å². The number of benzene rings is 1. The van der Waals surface area contributed by atoms with Crippen molar-refractivity contribution in [1.82, 2.24) is 10.2 Å². The van der Waals surface area contributed by atoms with Crippen molar-refractivity contribution in [1.29, 1.82) is 0 Å². The van der Waals surface area contributed by atoms with Crippen LogP contribution in [0, 0.1) is 12.8 Å². The summed E-state index contributed by atoms with van der Waals surface area (Å²) in [6, 6.07) is 8.65. The molecular formula is C16H23N3. The van der Waals surface area contributed by atoms with Crippen LogP contribution < -0.4 is 5.73 Å². The number of aromatic amines is 1. The van der Waals surface area contributed by atoms with E-state index in [2.05, 4.69) is 55.2 Å². The lowest BCUT2D eigenvalue weighted by atomic mass is 9.99. The fraction of sp³-hybridized carbons (Fsp3) is 0.438. The zero-order chi connectivity index (χ0) is 13.8.